The van der Waals surface area contributed by atoms with Gasteiger partial charge in [0.25, 0.3) is 0 Å². The van der Waals surface area contributed by atoms with E-state index in [1.165, 1.54) is 12.8 Å². The molecule has 4 heteroatoms. The van der Waals surface area contributed by atoms with E-state index < -0.39 is 5.97 Å². The highest BCUT2D eigenvalue weighted by molar-refractivity contribution is 5.85. The molecule has 1 aliphatic rings. The lowest BCUT2D eigenvalue weighted by Gasteiger charge is -2.01. The molecule has 76 valence electrons. The zero-order valence-corrected chi connectivity index (χ0v) is 8.23. The van der Waals surface area contributed by atoms with Gasteiger partial charge in [0.1, 0.15) is 5.69 Å². The van der Waals surface area contributed by atoms with Crippen LogP contribution in [0.15, 0.2) is 6.07 Å². The van der Waals surface area contributed by atoms with E-state index in [9.17, 15) is 4.79 Å². The van der Waals surface area contributed by atoms with E-state index in [-0.39, 0.29) is 0 Å². The van der Waals surface area contributed by atoms with Crippen molar-refractivity contribution in [1.29, 1.82) is 0 Å². The summed E-state index contributed by atoms with van der Waals surface area (Å²) < 4.78 is 1.64. The van der Waals surface area contributed by atoms with Crippen LogP contribution < -0.4 is 0 Å². The molecule has 1 aromatic rings. The molecular weight excluding hydrogens is 180 g/mol. The quantitative estimate of drug-likeness (QED) is 0.791. The summed E-state index contributed by atoms with van der Waals surface area (Å²) in [6.45, 7) is 2.75. The molecule has 0 aromatic carbocycles. The minimum absolute atomic E-state index is 0.328. The molecule has 0 saturated heterocycles. The first kappa shape index (κ1) is 9.24. The predicted octanol–water partition coefficient (Wildman–Crippen LogP) is 1.55. The van der Waals surface area contributed by atoms with E-state index in [1.54, 1.807) is 10.7 Å². The highest BCUT2D eigenvalue weighted by Crippen LogP contribution is 2.30. The fourth-order valence-corrected chi connectivity index (χ4v) is 1.50. The minimum atomic E-state index is -0.877. The molecule has 2 rings (SSSR count). The molecule has 1 aromatic heterocycles. The maximum atomic E-state index is 10.9. The van der Waals surface area contributed by atoms with Crippen molar-refractivity contribution in [3.63, 3.8) is 0 Å². The Morgan fingerprint density at radius 2 is 2.43 bits per heavy atom. The van der Waals surface area contributed by atoms with E-state index in [4.69, 9.17) is 5.11 Å². The first-order chi connectivity index (χ1) is 6.70. The van der Waals surface area contributed by atoms with Crippen LogP contribution in [-0.4, -0.2) is 20.9 Å². The Labute approximate surface area is 82.5 Å². The van der Waals surface area contributed by atoms with Crippen LogP contribution in [0.5, 0.6) is 0 Å². The van der Waals surface area contributed by atoms with E-state index in [2.05, 4.69) is 5.10 Å². The van der Waals surface area contributed by atoms with Crippen LogP contribution >= 0.6 is 0 Å². The largest absolute Gasteiger partial charge is 0.477 e. The van der Waals surface area contributed by atoms with Crippen molar-refractivity contribution in [2.24, 2.45) is 5.92 Å². The van der Waals surface area contributed by atoms with Gasteiger partial charge in [0.2, 0.25) is 0 Å². The standard InChI is InChI=1S/C10H14N2O2/c1-2-8-5-9(10(13)14)12(11-8)6-7-3-4-7/h5,7H,2-4,6H2,1H3,(H,13,14). The Balaban J connectivity index is 2.24. The van der Waals surface area contributed by atoms with Crippen LogP contribution in [0.3, 0.4) is 0 Å². The molecule has 1 heterocycles. The molecule has 1 aliphatic carbocycles. The van der Waals surface area contributed by atoms with Gasteiger partial charge >= 0.3 is 5.97 Å². The summed E-state index contributed by atoms with van der Waals surface area (Å²) in [7, 11) is 0. The Morgan fingerprint density at radius 3 is 2.93 bits per heavy atom. The SMILES string of the molecule is CCc1cc(C(=O)O)n(CC2CC2)n1. The summed E-state index contributed by atoms with van der Waals surface area (Å²) in [5.74, 6) is -0.226. The van der Waals surface area contributed by atoms with Crippen molar-refractivity contribution < 1.29 is 9.90 Å². The van der Waals surface area contributed by atoms with Crippen molar-refractivity contribution in [2.45, 2.75) is 32.7 Å². The second-order valence-corrected chi connectivity index (χ2v) is 3.81. The fraction of sp³-hybridized carbons (Fsp3) is 0.600. The van der Waals surface area contributed by atoms with Crippen LogP contribution in [-0.2, 0) is 13.0 Å². The van der Waals surface area contributed by atoms with Crippen molar-refractivity contribution >= 4 is 5.97 Å². The highest BCUT2D eigenvalue weighted by Gasteiger charge is 2.24. The number of hydrogen-bond acceptors (Lipinski definition) is 2. The molecule has 1 fully saturated rings. The Hall–Kier alpha value is -1.32. The molecular formula is C10H14N2O2. The summed E-state index contributed by atoms with van der Waals surface area (Å²) in [5, 5.41) is 13.2. The van der Waals surface area contributed by atoms with Crippen molar-refractivity contribution in [1.82, 2.24) is 9.78 Å². The maximum absolute atomic E-state index is 10.9. The zero-order chi connectivity index (χ0) is 10.1. The summed E-state index contributed by atoms with van der Waals surface area (Å²) in [4.78, 5) is 10.9. The number of aromatic nitrogens is 2. The minimum Gasteiger partial charge on any atom is -0.477 e. The van der Waals surface area contributed by atoms with Gasteiger partial charge in [0, 0.05) is 6.54 Å². The van der Waals surface area contributed by atoms with E-state index in [0.717, 1.165) is 18.7 Å². The van der Waals surface area contributed by atoms with Crippen molar-refractivity contribution in [2.75, 3.05) is 0 Å². The number of carboxylic acid groups (broad SMARTS) is 1. The normalized spacial score (nSPS) is 15.8. The van der Waals surface area contributed by atoms with Gasteiger partial charge in [-0.05, 0) is 31.2 Å². The summed E-state index contributed by atoms with van der Waals surface area (Å²) in [5.41, 5.74) is 1.19. The second kappa shape index (κ2) is 3.44. The van der Waals surface area contributed by atoms with Gasteiger partial charge in [-0.3, -0.25) is 4.68 Å². The number of carbonyl (C=O) groups is 1. The maximum Gasteiger partial charge on any atom is 0.354 e. The molecule has 0 radical (unpaired) electrons. The molecule has 4 nitrogen and oxygen atoms in total. The average Bonchev–Trinajstić information content (AvgIpc) is 2.83. The van der Waals surface area contributed by atoms with Crippen molar-refractivity contribution in [3.8, 4) is 0 Å². The third-order valence-corrected chi connectivity index (χ3v) is 2.54. The number of aryl methyl sites for hydroxylation is 1. The third kappa shape index (κ3) is 1.78. The first-order valence-corrected chi connectivity index (χ1v) is 5.00. The highest BCUT2D eigenvalue weighted by atomic mass is 16.4. The first-order valence-electron chi connectivity index (χ1n) is 5.00. The van der Waals surface area contributed by atoms with Crippen LogP contribution in [0.4, 0.5) is 0 Å². The number of aromatic carboxylic acids is 1. The molecule has 0 unspecified atom stereocenters. The zero-order valence-electron chi connectivity index (χ0n) is 8.23. The van der Waals surface area contributed by atoms with Gasteiger partial charge in [-0.25, -0.2) is 4.79 Å². The summed E-state index contributed by atoms with van der Waals surface area (Å²) in [6, 6.07) is 1.67. The van der Waals surface area contributed by atoms with Gasteiger partial charge < -0.3 is 5.11 Å². The van der Waals surface area contributed by atoms with Crippen molar-refractivity contribution in [3.05, 3.63) is 17.5 Å². The number of rotatable bonds is 4. The van der Waals surface area contributed by atoms with Gasteiger partial charge in [0.15, 0.2) is 0 Å². The molecule has 0 atom stereocenters. The van der Waals surface area contributed by atoms with E-state index in [0.29, 0.717) is 11.6 Å². The Kier molecular flexibility index (Phi) is 2.27. The molecule has 0 spiro atoms. The van der Waals surface area contributed by atoms with Crippen LogP contribution in [0, 0.1) is 5.92 Å². The molecule has 14 heavy (non-hydrogen) atoms. The van der Waals surface area contributed by atoms with Crippen LogP contribution in [0.2, 0.25) is 0 Å². The van der Waals surface area contributed by atoms with E-state index >= 15 is 0 Å². The molecule has 1 N–H and O–H groups in total. The van der Waals surface area contributed by atoms with Gasteiger partial charge in [-0.15, -0.1) is 0 Å². The fourth-order valence-electron chi connectivity index (χ4n) is 1.50. The second-order valence-electron chi connectivity index (χ2n) is 3.81. The topological polar surface area (TPSA) is 55.1 Å². The Bertz CT molecular complexity index is 353. The monoisotopic (exact) mass is 194 g/mol. The number of carboxylic acids is 1. The number of nitrogens with zero attached hydrogens (tertiary/aromatic N) is 2. The van der Waals surface area contributed by atoms with Gasteiger partial charge in [-0.1, -0.05) is 6.92 Å². The molecule has 1 saturated carbocycles. The lowest BCUT2D eigenvalue weighted by Crippen LogP contribution is -2.11. The smallest absolute Gasteiger partial charge is 0.354 e. The Morgan fingerprint density at radius 1 is 1.71 bits per heavy atom. The number of hydrogen-bond donors (Lipinski definition) is 1. The summed E-state index contributed by atoms with van der Waals surface area (Å²) >= 11 is 0. The molecule has 0 bridgehead atoms. The third-order valence-electron chi connectivity index (χ3n) is 2.54. The average molecular weight is 194 g/mol. The van der Waals surface area contributed by atoms with Gasteiger partial charge in [0.05, 0.1) is 5.69 Å². The van der Waals surface area contributed by atoms with Gasteiger partial charge in [-0.2, -0.15) is 5.10 Å². The van der Waals surface area contributed by atoms with Crippen LogP contribution in [0.25, 0.3) is 0 Å². The predicted molar refractivity (Wildman–Crippen MR) is 51.3 cm³/mol. The lowest BCUT2D eigenvalue weighted by molar-refractivity contribution is 0.0682. The van der Waals surface area contributed by atoms with Crippen LogP contribution in [0.1, 0.15) is 35.9 Å². The summed E-state index contributed by atoms with van der Waals surface area (Å²) in [6.07, 6.45) is 3.21. The lowest BCUT2D eigenvalue weighted by atomic mass is 10.3. The molecule has 0 amide bonds. The molecule has 0 aliphatic heterocycles. The van der Waals surface area contributed by atoms with E-state index in [1.807, 2.05) is 6.92 Å².